The Morgan fingerprint density at radius 3 is 2.70 bits per heavy atom. The Balaban J connectivity index is 2.19. The quantitative estimate of drug-likeness (QED) is 0.833. The molecular weight excluding hydrogens is 277 g/mol. The molecule has 1 unspecified atom stereocenters. The van der Waals surface area contributed by atoms with Crippen LogP contribution < -0.4 is 10.1 Å². The summed E-state index contributed by atoms with van der Waals surface area (Å²) < 4.78 is 19.0. The van der Waals surface area contributed by atoms with E-state index in [4.69, 9.17) is 16.3 Å². The van der Waals surface area contributed by atoms with Gasteiger partial charge in [0.15, 0.2) is 0 Å². The van der Waals surface area contributed by atoms with Crippen LogP contribution >= 0.6 is 11.6 Å². The van der Waals surface area contributed by atoms with Crippen molar-refractivity contribution in [3.63, 3.8) is 0 Å². The van der Waals surface area contributed by atoms with Gasteiger partial charge in [0.1, 0.15) is 11.6 Å². The summed E-state index contributed by atoms with van der Waals surface area (Å²) in [7, 11) is 0. The molecular formula is C16H17ClFNO. The fraction of sp³-hybridized carbons (Fsp3) is 0.250. The molecule has 0 aliphatic rings. The molecule has 0 radical (unpaired) electrons. The zero-order chi connectivity index (χ0) is 14.5. The lowest BCUT2D eigenvalue weighted by Crippen LogP contribution is -2.09. The van der Waals surface area contributed by atoms with E-state index in [1.165, 1.54) is 6.07 Å². The fourth-order valence-electron chi connectivity index (χ4n) is 2.04. The molecule has 0 heterocycles. The number of halogens is 2. The minimum Gasteiger partial charge on any atom is -0.494 e. The molecule has 2 nitrogen and oxygen atoms in total. The van der Waals surface area contributed by atoms with Crippen molar-refractivity contribution in [3.05, 3.63) is 58.9 Å². The summed E-state index contributed by atoms with van der Waals surface area (Å²) in [6.07, 6.45) is 0. The van der Waals surface area contributed by atoms with Gasteiger partial charge in [0.05, 0.1) is 17.7 Å². The van der Waals surface area contributed by atoms with E-state index in [0.717, 1.165) is 11.3 Å². The summed E-state index contributed by atoms with van der Waals surface area (Å²) in [5.41, 5.74) is 1.72. The Kier molecular flexibility index (Phi) is 4.85. The molecule has 0 aliphatic heterocycles. The zero-order valence-corrected chi connectivity index (χ0v) is 12.2. The van der Waals surface area contributed by atoms with Crippen molar-refractivity contribution in [2.75, 3.05) is 11.9 Å². The normalized spacial score (nSPS) is 12.0. The third kappa shape index (κ3) is 3.42. The second-order valence-corrected chi connectivity index (χ2v) is 4.87. The molecule has 0 fully saturated rings. The average Bonchev–Trinajstić information content (AvgIpc) is 2.44. The highest BCUT2D eigenvalue weighted by Crippen LogP contribution is 2.28. The van der Waals surface area contributed by atoms with Crippen molar-refractivity contribution in [3.8, 4) is 5.75 Å². The molecule has 0 spiro atoms. The third-order valence-electron chi connectivity index (χ3n) is 2.99. The second kappa shape index (κ2) is 6.62. The second-order valence-electron chi connectivity index (χ2n) is 4.47. The van der Waals surface area contributed by atoms with E-state index in [1.54, 1.807) is 12.1 Å². The van der Waals surface area contributed by atoms with Crippen molar-refractivity contribution >= 4 is 17.3 Å². The van der Waals surface area contributed by atoms with E-state index in [0.29, 0.717) is 12.3 Å². The van der Waals surface area contributed by atoms with Crippen molar-refractivity contribution in [2.24, 2.45) is 0 Å². The Bertz CT molecular complexity index is 588. The fourth-order valence-corrected chi connectivity index (χ4v) is 2.16. The molecule has 4 heteroatoms. The summed E-state index contributed by atoms with van der Waals surface area (Å²) >= 11 is 5.68. The van der Waals surface area contributed by atoms with Crippen LogP contribution in [0.5, 0.6) is 5.75 Å². The van der Waals surface area contributed by atoms with Gasteiger partial charge in [-0.2, -0.15) is 0 Å². The van der Waals surface area contributed by atoms with Crippen molar-refractivity contribution in [1.82, 2.24) is 0 Å². The van der Waals surface area contributed by atoms with Crippen LogP contribution in [-0.4, -0.2) is 6.61 Å². The summed E-state index contributed by atoms with van der Waals surface area (Å²) in [5, 5.41) is 3.37. The number of ether oxygens (including phenoxy) is 1. The van der Waals surface area contributed by atoms with Crippen molar-refractivity contribution in [1.29, 1.82) is 0 Å². The number of para-hydroxylation sites is 1. The number of nitrogens with one attached hydrogen (secondary N) is 1. The molecule has 2 aromatic rings. The number of rotatable bonds is 5. The molecule has 0 aliphatic carbocycles. The molecule has 0 saturated carbocycles. The van der Waals surface area contributed by atoms with E-state index >= 15 is 0 Å². The topological polar surface area (TPSA) is 21.3 Å². The molecule has 2 aromatic carbocycles. The highest BCUT2D eigenvalue weighted by Gasteiger charge is 2.11. The predicted octanol–water partition coefficient (Wildman–Crippen LogP) is 5.05. The molecule has 106 valence electrons. The molecule has 0 aromatic heterocycles. The van der Waals surface area contributed by atoms with Crippen LogP contribution in [0.15, 0.2) is 42.5 Å². The lowest BCUT2D eigenvalue weighted by atomic mass is 10.1. The summed E-state index contributed by atoms with van der Waals surface area (Å²) in [6.45, 7) is 4.56. The van der Waals surface area contributed by atoms with Crippen LogP contribution in [0.25, 0.3) is 0 Å². The molecule has 2 rings (SSSR count). The Labute approximate surface area is 123 Å². The van der Waals surface area contributed by atoms with Crippen LogP contribution in [0.3, 0.4) is 0 Å². The lowest BCUT2D eigenvalue weighted by Gasteiger charge is -2.19. The van der Waals surface area contributed by atoms with Gasteiger partial charge >= 0.3 is 0 Å². The predicted molar refractivity (Wildman–Crippen MR) is 81.1 cm³/mol. The summed E-state index contributed by atoms with van der Waals surface area (Å²) in [4.78, 5) is 0. The molecule has 0 saturated heterocycles. The first-order chi connectivity index (χ1) is 9.61. The maximum atomic E-state index is 13.4. The van der Waals surface area contributed by atoms with Crippen LogP contribution in [0.2, 0.25) is 5.02 Å². The van der Waals surface area contributed by atoms with Crippen LogP contribution in [0.1, 0.15) is 25.5 Å². The first-order valence-corrected chi connectivity index (χ1v) is 6.93. The van der Waals surface area contributed by atoms with E-state index in [2.05, 4.69) is 5.32 Å². The van der Waals surface area contributed by atoms with Crippen LogP contribution in [-0.2, 0) is 0 Å². The van der Waals surface area contributed by atoms with E-state index in [1.807, 2.05) is 38.1 Å². The third-order valence-corrected chi connectivity index (χ3v) is 3.29. The largest absolute Gasteiger partial charge is 0.494 e. The summed E-state index contributed by atoms with van der Waals surface area (Å²) in [5.74, 6) is 0.409. The minimum absolute atomic E-state index is 0.00155. The Hall–Kier alpha value is -1.74. The van der Waals surface area contributed by atoms with Gasteiger partial charge in [0, 0.05) is 11.3 Å². The van der Waals surface area contributed by atoms with Gasteiger partial charge in [0.25, 0.3) is 0 Å². The van der Waals surface area contributed by atoms with Gasteiger partial charge < -0.3 is 10.1 Å². The lowest BCUT2D eigenvalue weighted by molar-refractivity contribution is 0.335. The van der Waals surface area contributed by atoms with Crippen molar-refractivity contribution in [2.45, 2.75) is 19.9 Å². The van der Waals surface area contributed by atoms with E-state index in [-0.39, 0.29) is 11.1 Å². The van der Waals surface area contributed by atoms with Crippen LogP contribution in [0.4, 0.5) is 10.1 Å². The smallest absolute Gasteiger partial charge is 0.143 e. The molecule has 1 atom stereocenters. The minimum atomic E-state index is -0.429. The molecule has 0 bridgehead atoms. The van der Waals surface area contributed by atoms with Gasteiger partial charge in [-0.15, -0.1) is 0 Å². The number of benzene rings is 2. The Morgan fingerprint density at radius 2 is 2.00 bits per heavy atom. The van der Waals surface area contributed by atoms with Gasteiger partial charge in [-0.3, -0.25) is 0 Å². The average molecular weight is 294 g/mol. The number of hydrogen-bond donors (Lipinski definition) is 1. The highest BCUT2D eigenvalue weighted by molar-refractivity contribution is 6.30. The van der Waals surface area contributed by atoms with Gasteiger partial charge in [-0.05, 0) is 38.1 Å². The molecule has 20 heavy (non-hydrogen) atoms. The van der Waals surface area contributed by atoms with Gasteiger partial charge in [-0.1, -0.05) is 29.8 Å². The monoisotopic (exact) mass is 293 g/mol. The highest BCUT2D eigenvalue weighted by atomic mass is 35.5. The maximum absolute atomic E-state index is 13.4. The summed E-state index contributed by atoms with van der Waals surface area (Å²) in [6, 6.07) is 12.5. The van der Waals surface area contributed by atoms with Gasteiger partial charge in [-0.25, -0.2) is 4.39 Å². The molecule has 1 N–H and O–H groups in total. The number of anilines is 1. The van der Waals surface area contributed by atoms with E-state index in [9.17, 15) is 4.39 Å². The first-order valence-electron chi connectivity index (χ1n) is 6.55. The first kappa shape index (κ1) is 14.7. The molecule has 0 amide bonds. The van der Waals surface area contributed by atoms with Gasteiger partial charge in [0.2, 0.25) is 0 Å². The van der Waals surface area contributed by atoms with E-state index < -0.39 is 5.82 Å². The maximum Gasteiger partial charge on any atom is 0.143 e. The Morgan fingerprint density at radius 1 is 1.25 bits per heavy atom. The standard InChI is InChI=1S/C16H17ClFNO/c1-3-20-16-7-5-4-6-13(16)11(2)19-12-8-9-14(17)15(18)10-12/h4-11,19H,3H2,1-2H3. The van der Waals surface area contributed by atoms with Crippen LogP contribution in [0, 0.1) is 5.82 Å². The van der Waals surface area contributed by atoms with Crippen molar-refractivity contribution < 1.29 is 9.13 Å². The SMILES string of the molecule is CCOc1ccccc1C(C)Nc1ccc(Cl)c(F)c1. The zero-order valence-electron chi connectivity index (χ0n) is 11.5. The number of hydrogen-bond acceptors (Lipinski definition) is 2.